The number of hydrogen-bond acceptors (Lipinski definition) is 3. The van der Waals surface area contributed by atoms with Gasteiger partial charge in [-0.25, -0.2) is 0 Å². The molecule has 0 bridgehead atoms. The zero-order valence-corrected chi connectivity index (χ0v) is 10.7. The highest BCUT2D eigenvalue weighted by atomic mass is 16.2. The van der Waals surface area contributed by atoms with E-state index in [1.165, 1.54) is 0 Å². The molecule has 0 radical (unpaired) electrons. The van der Waals surface area contributed by atoms with Crippen LogP contribution in [-0.4, -0.2) is 24.5 Å². The van der Waals surface area contributed by atoms with Gasteiger partial charge in [-0.05, 0) is 38.9 Å². The highest BCUT2D eigenvalue weighted by Crippen LogP contribution is 2.25. The average molecular weight is 243 g/mol. The molecule has 1 fully saturated rings. The molecule has 1 heterocycles. The van der Waals surface area contributed by atoms with Crippen LogP contribution >= 0.6 is 0 Å². The second-order valence-electron chi connectivity index (χ2n) is 4.65. The lowest BCUT2D eigenvalue weighted by atomic mass is 10.1. The van der Waals surface area contributed by atoms with Gasteiger partial charge in [-0.15, -0.1) is 0 Å². The Hall–Kier alpha value is -1.86. The van der Waals surface area contributed by atoms with Crippen LogP contribution in [0.3, 0.4) is 0 Å². The molecule has 2 atom stereocenters. The Balaban J connectivity index is 2.45. The molecule has 0 spiro atoms. The van der Waals surface area contributed by atoms with Gasteiger partial charge in [-0.1, -0.05) is 12.1 Å². The molecule has 0 saturated carbocycles. The Morgan fingerprint density at radius 3 is 2.83 bits per heavy atom. The molecule has 4 heteroatoms. The molecule has 1 aromatic rings. The molecule has 2 rings (SSSR count). The topological polar surface area (TPSA) is 56.1 Å². The minimum Gasteiger partial charge on any atom is -0.307 e. The number of hydrogen-bond donors (Lipinski definition) is 1. The van der Waals surface area contributed by atoms with Crippen molar-refractivity contribution in [3.63, 3.8) is 0 Å². The van der Waals surface area contributed by atoms with E-state index in [4.69, 9.17) is 5.26 Å². The number of para-hydroxylation sites is 1. The molecule has 1 aliphatic rings. The summed E-state index contributed by atoms with van der Waals surface area (Å²) in [6.07, 6.45) is 0.885. The van der Waals surface area contributed by atoms with Crippen LogP contribution in [-0.2, 0) is 4.79 Å². The summed E-state index contributed by atoms with van der Waals surface area (Å²) in [5, 5.41) is 12.3. The van der Waals surface area contributed by atoms with Gasteiger partial charge in [0.2, 0.25) is 5.91 Å². The molecular formula is C14H17N3O. The van der Waals surface area contributed by atoms with Crippen LogP contribution in [0, 0.1) is 11.3 Å². The Labute approximate surface area is 107 Å². The molecule has 18 heavy (non-hydrogen) atoms. The van der Waals surface area contributed by atoms with E-state index in [1.807, 2.05) is 32.0 Å². The maximum absolute atomic E-state index is 12.4. The monoisotopic (exact) mass is 243 g/mol. The van der Waals surface area contributed by atoms with Crippen molar-refractivity contribution in [3.8, 4) is 6.07 Å². The van der Waals surface area contributed by atoms with Gasteiger partial charge >= 0.3 is 0 Å². The Bertz CT molecular complexity index is 492. The molecule has 1 N–H and O–H groups in total. The van der Waals surface area contributed by atoms with Crippen molar-refractivity contribution in [1.29, 1.82) is 5.26 Å². The first-order chi connectivity index (χ1) is 8.65. The van der Waals surface area contributed by atoms with Gasteiger partial charge in [-0.3, -0.25) is 4.79 Å². The quantitative estimate of drug-likeness (QED) is 0.816. The summed E-state index contributed by atoms with van der Waals surface area (Å²) in [5.41, 5.74) is 1.26. The van der Waals surface area contributed by atoms with E-state index in [9.17, 15) is 4.79 Å². The van der Waals surface area contributed by atoms with E-state index >= 15 is 0 Å². The molecule has 0 aromatic heterocycles. The van der Waals surface area contributed by atoms with E-state index in [0.717, 1.165) is 13.0 Å². The zero-order chi connectivity index (χ0) is 13.1. The second-order valence-corrected chi connectivity index (χ2v) is 4.65. The lowest BCUT2D eigenvalue weighted by Gasteiger charge is -2.29. The van der Waals surface area contributed by atoms with E-state index in [2.05, 4.69) is 11.4 Å². The van der Waals surface area contributed by atoms with Crippen LogP contribution in [0.15, 0.2) is 24.3 Å². The predicted octanol–water partition coefficient (Wildman–Crippen LogP) is 1.66. The highest BCUT2D eigenvalue weighted by molar-refractivity contribution is 5.98. The number of carbonyl (C=O) groups is 1. The van der Waals surface area contributed by atoms with E-state index < -0.39 is 0 Å². The van der Waals surface area contributed by atoms with Crippen LogP contribution in [0.25, 0.3) is 0 Å². The zero-order valence-electron chi connectivity index (χ0n) is 10.7. The Morgan fingerprint density at radius 1 is 1.39 bits per heavy atom. The minimum absolute atomic E-state index is 0.0303. The molecule has 1 saturated heterocycles. The third-order valence-corrected chi connectivity index (χ3v) is 3.35. The summed E-state index contributed by atoms with van der Waals surface area (Å²) in [6.45, 7) is 4.70. The predicted molar refractivity (Wildman–Crippen MR) is 70.2 cm³/mol. The van der Waals surface area contributed by atoms with Crippen molar-refractivity contribution in [1.82, 2.24) is 5.32 Å². The molecule has 1 aromatic carbocycles. The van der Waals surface area contributed by atoms with Crippen molar-refractivity contribution in [3.05, 3.63) is 29.8 Å². The fourth-order valence-electron chi connectivity index (χ4n) is 2.29. The third-order valence-electron chi connectivity index (χ3n) is 3.35. The number of carbonyl (C=O) groups excluding carboxylic acids is 1. The van der Waals surface area contributed by atoms with Crippen molar-refractivity contribution >= 4 is 11.6 Å². The lowest BCUT2D eigenvalue weighted by molar-refractivity contribution is -0.120. The van der Waals surface area contributed by atoms with Gasteiger partial charge in [0.15, 0.2) is 0 Å². The highest BCUT2D eigenvalue weighted by Gasteiger charge is 2.30. The van der Waals surface area contributed by atoms with Crippen molar-refractivity contribution < 1.29 is 4.79 Å². The molecule has 2 unspecified atom stereocenters. The fraction of sp³-hybridized carbons (Fsp3) is 0.429. The Kier molecular flexibility index (Phi) is 3.63. The number of nitriles is 1. The van der Waals surface area contributed by atoms with Gasteiger partial charge in [0.25, 0.3) is 0 Å². The first kappa shape index (κ1) is 12.6. The number of nitrogens with one attached hydrogen (secondary N) is 1. The third kappa shape index (κ3) is 2.22. The van der Waals surface area contributed by atoms with Crippen LogP contribution in [0.1, 0.15) is 25.8 Å². The molecule has 94 valence electrons. The second kappa shape index (κ2) is 5.19. The first-order valence-electron chi connectivity index (χ1n) is 6.20. The SMILES string of the molecule is CC1NCCC(C)N(c2ccccc2C#N)C1=O. The first-order valence-corrected chi connectivity index (χ1v) is 6.20. The van der Waals surface area contributed by atoms with Crippen LogP contribution < -0.4 is 10.2 Å². The number of anilines is 1. The smallest absolute Gasteiger partial charge is 0.244 e. The summed E-state index contributed by atoms with van der Waals surface area (Å²) in [5.74, 6) is 0.0303. The minimum atomic E-state index is -0.207. The maximum atomic E-state index is 12.4. The summed E-state index contributed by atoms with van der Waals surface area (Å²) in [4.78, 5) is 14.1. The standard InChI is InChI=1S/C14H17N3O/c1-10-7-8-16-11(2)14(18)17(10)13-6-4-3-5-12(13)9-15/h3-6,10-11,16H,7-8H2,1-2H3. The van der Waals surface area contributed by atoms with E-state index in [-0.39, 0.29) is 18.0 Å². The van der Waals surface area contributed by atoms with Gasteiger partial charge in [0.05, 0.1) is 17.3 Å². The fourth-order valence-corrected chi connectivity index (χ4v) is 2.29. The lowest BCUT2D eigenvalue weighted by Crippen LogP contribution is -2.45. The average Bonchev–Trinajstić information content (AvgIpc) is 2.50. The summed E-state index contributed by atoms with van der Waals surface area (Å²) in [7, 11) is 0. The van der Waals surface area contributed by atoms with Crippen molar-refractivity contribution in [2.75, 3.05) is 11.4 Å². The van der Waals surface area contributed by atoms with Gasteiger partial charge < -0.3 is 10.2 Å². The van der Waals surface area contributed by atoms with E-state index in [0.29, 0.717) is 11.3 Å². The maximum Gasteiger partial charge on any atom is 0.244 e. The summed E-state index contributed by atoms with van der Waals surface area (Å²) < 4.78 is 0. The number of nitrogens with zero attached hydrogens (tertiary/aromatic N) is 2. The summed E-state index contributed by atoms with van der Waals surface area (Å²) in [6, 6.07) is 9.31. The molecule has 1 amide bonds. The molecular weight excluding hydrogens is 226 g/mol. The van der Waals surface area contributed by atoms with Crippen molar-refractivity contribution in [2.24, 2.45) is 0 Å². The van der Waals surface area contributed by atoms with Gasteiger partial charge in [-0.2, -0.15) is 5.26 Å². The van der Waals surface area contributed by atoms with E-state index in [1.54, 1.807) is 11.0 Å². The largest absolute Gasteiger partial charge is 0.307 e. The van der Waals surface area contributed by atoms with Crippen LogP contribution in [0.2, 0.25) is 0 Å². The number of benzene rings is 1. The van der Waals surface area contributed by atoms with Crippen molar-refractivity contribution in [2.45, 2.75) is 32.4 Å². The summed E-state index contributed by atoms with van der Waals surface area (Å²) >= 11 is 0. The normalized spacial score (nSPS) is 24.5. The van der Waals surface area contributed by atoms with Crippen LogP contribution in [0.4, 0.5) is 5.69 Å². The van der Waals surface area contributed by atoms with Gasteiger partial charge in [0.1, 0.15) is 6.07 Å². The molecule has 1 aliphatic heterocycles. The number of amides is 1. The molecule has 4 nitrogen and oxygen atoms in total. The molecule has 0 aliphatic carbocycles. The van der Waals surface area contributed by atoms with Gasteiger partial charge in [0, 0.05) is 6.04 Å². The Morgan fingerprint density at radius 2 is 2.11 bits per heavy atom. The number of rotatable bonds is 1. The van der Waals surface area contributed by atoms with Crippen LogP contribution in [0.5, 0.6) is 0 Å².